The van der Waals surface area contributed by atoms with Crippen LogP contribution in [0.3, 0.4) is 0 Å². The molecule has 0 N–H and O–H groups in total. The molecule has 0 aliphatic carbocycles. The van der Waals surface area contributed by atoms with Crippen LogP contribution in [0.1, 0.15) is 37.0 Å². The average molecular weight is 383 g/mol. The summed E-state index contributed by atoms with van der Waals surface area (Å²) in [5.74, 6) is -0.0773. The number of Topliss-reactive ketones (excluding diaryl/α,β-unsaturated/α-hetero) is 1. The summed E-state index contributed by atoms with van der Waals surface area (Å²) in [5, 5.41) is 2.05. The van der Waals surface area contributed by atoms with E-state index in [-0.39, 0.29) is 12.4 Å². The monoisotopic (exact) mass is 383 g/mol. The van der Waals surface area contributed by atoms with Gasteiger partial charge < -0.3 is 14.0 Å². The van der Waals surface area contributed by atoms with E-state index in [4.69, 9.17) is 9.47 Å². The van der Waals surface area contributed by atoms with Crippen molar-refractivity contribution in [3.05, 3.63) is 75.2 Å². The lowest BCUT2D eigenvalue weighted by Gasteiger charge is -2.09. The molecule has 0 fully saturated rings. The second kappa shape index (κ2) is 8.22. The first-order chi connectivity index (χ1) is 13.0. The number of hydrogen-bond acceptors (Lipinski definition) is 5. The predicted octanol–water partition coefficient (Wildman–Crippen LogP) is 4.26. The minimum Gasteiger partial charge on any atom is -0.485 e. The Morgan fingerprint density at radius 2 is 1.93 bits per heavy atom. The Bertz CT molecular complexity index is 957. The minimum atomic E-state index is -0.441. The van der Waals surface area contributed by atoms with Gasteiger partial charge in [0.1, 0.15) is 5.75 Å². The van der Waals surface area contributed by atoms with Crippen LogP contribution in [0.15, 0.2) is 47.8 Å². The van der Waals surface area contributed by atoms with Crippen molar-refractivity contribution in [2.45, 2.75) is 20.4 Å². The standard InChI is InChI=1S/C21H21NO4S/c1-14-10-19(15(2)22(14)12-18-8-5-9-27-18)20(23)13-26-17-7-4-6-16(11-17)21(24)25-3/h4-11H,12-13H2,1-3H3. The summed E-state index contributed by atoms with van der Waals surface area (Å²) in [7, 11) is 1.32. The molecular weight excluding hydrogens is 362 g/mol. The van der Waals surface area contributed by atoms with E-state index in [9.17, 15) is 9.59 Å². The highest BCUT2D eigenvalue weighted by Gasteiger charge is 2.17. The summed E-state index contributed by atoms with van der Waals surface area (Å²) in [4.78, 5) is 25.5. The molecule has 140 valence electrons. The van der Waals surface area contributed by atoms with Crippen LogP contribution in [0, 0.1) is 13.8 Å². The van der Waals surface area contributed by atoms with Crippen molar-refractivity contribution < 1.29 is 19.1 Å². The van der Waals surface area contributed by atoms with Crippen LogP contribution < -0.4 is 4.74 Å². The second-order valence-electron chi connectivity index (χ2n) is 6.18. The number of ketones is 1. The van der Waals surface area contributed by atoms with Gasteiger partial charge in [-0.1, -0.05) is 12.1 Å². The van der Waals surface area contributed by atoms with E-state index in [1.165, 1.54) is 12.0 Å². The summed E-state index contributed by atoms with van der Waals surface area (Å²) < 4.78 is 12.4. The molecule has 3 rings (SSSR count). The van der Waals surface area contributed by atoms with Gasteiger partial charge in [-0.05, 0) is 49.6 Å². The molecule has 0 spiro atoms. The van der Waals surface area contributed by atoms with Crippen LogP contribution >= 0.6 is 11.3 Å². The van der Waals surface area contributed by atoms with E-state index in [1.54, 1.807) is 35.6 Å². The third kappa shape index (κ3) is 4.28. The van der Waals surface area contributed by atoms with Gasteiger partial charge in [0.15, 0.2) is 6.61 Å². The van der Waals surface area contributed by atoms with E-state index in [0.717, 1.165) is 17.9 Å². The maximum absolute atomic E-state index is 12.7. The summed E-state index contributed by atoms with van der Waals surface area (Å²) in [6, 6.07) is 12.6. The molecule has 2 aromatic heterocycles. The van der Waals surface area contributed by atoms with Crippen LogP contribution in [0.5, 0.6) is 5.75 Å². The van der Waals surface area contributed by atoms with Gasteiger partial charge in [-0.3, -0.25) is 4.79 Å². The van der Waals surface area contributed by atoms with Crippen molar-refractivity contribution in [3.63, 3.8) is 0 Å². The molecule has 1 aromatic carbocycles. The normalized spacial score (nSPS) is 10.6. The third-order valence-corrected chi connectivity index (χ3v) is 5.25. The van der Waals surface area contributed by atoms with Gasteiger partial charge >= 0.3 is 5.97 Å². The van der Waals surface area contributed by atoms with Crippen LogP contribution in [-0.4, -0.2) is 30.0 Å². The molecule has 0 atom stereocenters. The summed E-state index contributed by atoms with van der Waals surface area (Å²) in [6.07, 6.45) is 0. The largest absolute Gasteiger partial charge is 0.485 e. The molecular formula is C21H21NO4S. The quantitative estimate of drug-likeness (QED) is 0.452. The second-order valence-corrected chi connectivity index (χ2v) is 7.21. The molecule has 0 saturated carbocycles. The lowest BCUT2D eigenvalue weighted by molar-refractivity contribution is 0.0600. The first-order valence-corrected chi connectivity index (χ1v) is 9.41. The lowest BCUT2D eigenvalue weighted by Crippen LogP contribution is -2.13. The number of hydrogen-bond donors (Lipinski definition) is 0. The van der Waals surface area contributed by atoms with Gasteiger partial charge in [0.05, 0.1) is 19.2 Å². The number of aromatic nitrogens is 1. The minimum absolute atomic E-state index is 0.0894. The fourth-order valence-corrected chi connectivity index (χ4v) is 3.64. The molecule has 0 amide bonds. The Labute approximate surface area is 162 Å². The summed E-state index contributed by atoms with van der Waals surface area (Å²) >= 11 is 1.70. The van der Waals surface area contributed by atoms with Crippen molar-refractivity contribution >= 4 is 23.1 Å². The van der Waals surface area contributed by atoms with Crippen LogP contribution in [0.2, 0.25) is 0 Å². The summed E-state index contributed by atoms with van der Waals surface area (Å²) in [6.45, 7) is 4.61. The molecule has 6 heteroatoms. The number of carbonyl (C=O) groups excluding carboxylic acids is 2. The van der Waals surface area contributed by atoms with Crippen molar-refractivity contribution in [2.24, 2.45) is 0 Å². The molecule has 5 nitrogen and oxygen atoms in total. The number of rotatable bonds is 7. The topological polar surface area (TPSA) is 57.5 Å². The maximum Gasteiger partial charge on any atom is 0.337 e. The Morgan fingerprint density at radius 1 is 1.11 bits per heavy atom. The van der Waals surface area contributed by atoms with Gasteiger partial charge in [0.2, 0.25) is 5.78 Å². The van der Waals surface area contributed by atoms with E-state index in [2.05, 4.69) is 10.6 Å². The number of methoxy groups -OCH3 is 1. The van der Waals surface area contributed by atoms with Crippen molar-refractivity contribution in [3.8, 4) is 5.75 Å². The zero-order valence-electron chi connectivity index (χ0n) is 15.5. The molecule has 27 heavy (non-hydrogen) atoms. The first kappa shape index (κ1) is 18.9. The highest BCUT2D eigenvalue weighted by Crippen LogP contribution is 2.20. The zero-order chi connectivity index (χ0) is 19.4. The van der Waals surface area contributed by atoms with E-state index in [1.807, 2.05) is 31.4 Å². The first-order valence-electron chi connectivity index (χ1n) is 8.53. The predicted molar refractivity (Wildman–Crippen MR) is 105 cm³/mol. The molecule has 0 aliphatic heterocycles. The van der Waals surface area contributed by atoms with E-state index < -0.39 is 5.97 Å². The molecule has 3 aromatic rings. The van der Waals surface area contributed by atoms with Gasteiger partial charge in [0, 0.05) is 21.8 Å². The number of esters is 1. The molecule has 0 aliphatic rings. The summed E-state index contributed by atoms with van der Waals surface area (Å²) in [5.41, 5.74) is 3.01. The number of benzene rings is 1. The smallest absolute Gasteiger partial charge is 0.337 e. The Hall–Kier alpha value is -2.86. The van der Waals surface area contributed by atoms with Gasteiger partial charge in [-0.2, -0.15) is 0 Å². The van der Waals surface area contributed by atoms with Crippen molar-refractivity contribution in [1.82, 2.24) is 4.57 Å². The Balaban J connectivity index is 1.71. The molecule has 0 radical (unpaired) electrons. The van der Waals surface area contributed by atoms with Crippen LogP contribution in [-0.2, 0) is 11.3 Å². The Morgan fingerprint density at radius 3 is 2.63 bits per heavy atom. The lowest BCUT2D eigenvalue weighted by atomic mass is 10.1. The fourth-order valence-electron chi connectivity index (χ4n) is 2.94. The van der Waals surface area contributed by atoms with Crippen LogP contribution in [0.4, 0.5) is 0 Å². The SMILES string of the molecule is COC(=O)c1cccc(OCC(=O)c2cc(C)n(Cc3cccs3)c2C)c1. The number of aryl methyl sites for hydroxylation is 1. The molecule has 2 heterocycles. The molecule has 0 bridgehead atoms. The number of nitrogens with zero attached hydrogens (tertiary/aromatic N) is 1. The highest BCUT2D eigenvalue weighted by atomic mass is 32.1. The Kier molecular flexibility index (Phi) is 5.76. The maximum atomic E-state index is 12.7. The third-order valence-electron chi connectivity index (χ3n) is 4.39. The van der Waals surface area contributed by atoms with Crippen LogP contribution in [0.25, 0.3) is 0 Å². The van der Waals surface area contributed by atoms with Crippen molar-refractivity contribution in [2.75, 3.05) is 13.7 Å². The van der Waals surface area contributed by atoms with E-state index in [0.29, 0.717) is 16.9 Å². The molecule has 0 unspecified atom stereocenters. The van der Waals surface area contributed by atoms with Gasteiger partial charge in [0.25, 0.3) is 0 Å². The van der Waals surface area contributed by atoms with Gasteiger partial charge in [-0.15, -0.1) is 11.3 Å². The number of thiophene rings is 1. The zero-order valence-corrected chi connectivity index (χ0v) is 16.3. The molecule has 0 saturated heterocycles. The number of carbonyl (C=O) groups is 2. The number of ether oxygens (including phenoxy) is 2. The van der Waals surface area contributed by atoms with E-state index >= 15 is 0 Å². The highest BCUT2D eigenvalue weighted by molar-refractivity contribution is 7.09. The fraction of sp³-hybridized carbons (Fsp3) is 0.238. The average Bonchev–Trinajstić information content (AvgIpc) is 3.29. The van der Waals surface area contributed by atoms with Gasteiger partial charge in [-0.25, -0.2) is 4.79 Å². The van der Waals surface area contributed by atoms with Crippen molar-refractivity contribution in [1.29, 1.82) is 0 Å².